The lowest BCUT2D eigenvalue weighted by Gasteiger charge is -2.12. The smallest absolute Gasteiger partial charge is 0.238 e. The number of pyridine rings is 1. The molecule has 0 aliphatic heterocycles. The van der Waals surface area contributed by atoms with Gasteiger partial charge in [-0.1, -0.05) is 32.0 Å². The zero-order valence-electron chi connectivity index (χ0n) is 10.9. The Labute approximate surface area is 113 Å². The zero-order chi connectivity index (χ0) is 14.0. The Hall–Kier alpha value is -1.72. The molecule has 2 N–H and O–H groups in total. The van der Waals surface area contributed by atoms with E-state index in [1.165, 1.54) is 6.07 Å². The van der Waals surface area contributed by atoms with Crippen LogP contribution in [0.3, 0.4) is 0 Å². The molecular weight excluding hydrogens is 260 g/mol. The van der Waals surface area contributed by atoms with E-state index in [-0.39, 0.29) is 10.8 Å². The molecule has 100 valence electrons. The lowest BCUT2D eigenvalue weighted by molar-refractivity contribution is 0.598. The molecule has 0 atom stereocenters. The lowest BCUT2D eigenvalue weighted by Crippen LogP contribution is -2.12. The SMILES string of the molecule is CC(C)c1ncccc1-c1cccc(S(N)(=O)=O)c1. The summed E-state index contributed by atoms with van der Waals surface area (Å²) in [7, 11) is -3.69. The van der Waals surface area contributed by atoms with Crippen molar-refractivity contribution in [3.8, 4) is 11.1 Å². The van der Waals surface area contributed by atoms with Crippen molar-refractivity contribution in [1.29, 1.82) is 0 Å². The van der Waals surface area contributed by atoms with Gasteiger partial charge in [0.1, 0.15) is 0 Å². The maximum absolute atomic E-state index is 11.4. The van der Waals surface area contributed by atoms with Crippen molar-refractivity contribution in [3.63, 3.8) is 0 Å². The summed E-state index contributed by atoms with van der Waals surface area (Å²) >= 11 is 0. The van der Waals surface area contributed by atoms with E-state index in [0.29, 0.717) is 0 Å². The van der Waals surface area contributed by atoms with Crippen molar-refractivity contribution >= 4 is 10.0 Å². The van der Waals surface area contributed by atoms with E-state index in [9.17, 15) is 8.42 Å². The minimum absolute atomic E-state index is 0.114. The van der Waals surface area contributed by atoms with Gasteiger partial charge in [0.15, 0.2) is 0 Å². The number of aromatic nitrogens is 1. The number of nitrogens with two attached hydrogens (primary N) is 1. The van der Waals surface area contributed by atoms with Gasteiger partial charge in [0.05, 0.1) is 10.6 Å². The van der Waals surface area contributed by atoms with E-state index in [4.69, 9.17) is 5.14 Å². The molecule has 0 amide bonds. The summed E-state index contributed by atoms with van der Waals surface area (Å²) in [6.45, 7) is 4.10. The zero-order valence-corrected chi connectivity index (χ0v) is 11.7. The van der Waals surface area contributed by atoms with Gasteiger partial charge in [-0.25, -0.2) is 13.6 Å². The van der Waals surface area contributed by atoms with E-state index in [1.807, 2.05) is 18.2 Å². The molecule has 4 nitrogen and oxygen atoms in total. The summed E-state index contributed by atoms with van der Waals surface area (Å²) in [5.41, 5.74) is 2.68. The molecule has 2 rings (SSSR count). The van der Waals surface area contributed by atoms with Crippen molar-refractivity contribution in [2.45, 2.75) is 24.7 Å². The molecule has 0 aliphatic rings. The second-order valence-corrected chi connectivity index (χ2v) is 6.23. The van der Waals surface area contributed by atoms with Crippen LogP contribution in [0.2, 0.25) is 0 Å². The van der Waals surface area contributed by atoms with Crippen LogP contribution in [-0.2, 0) is 10.0 Å². The Balaban J connectivity index is 2.60. The molecule has 1 aromatic heterocycles. The Bertz CT molecular complexity index is 694. The highest BCUT2D eigenvalue weighted by molar-refractivity contribution is 7.89. The largest absolute Gasteiger partial charge is 0.260 e. The fourth-order valence-corrected chi connectivity index (χ4v) is 2.52. The molecule has 5 heteroatoms. The van der Waals surface area contributed by atoms with E-state index < -0.39 is 10.0 Å². The number of primary sulfonamides is 1. The fraction of sp³-hybridized carbons (Fsp3) is 0.214. The number of benzene rings is 1. The molecular formula is C14H16N2O2S. The molecule has 0 fully saturated rings. The second kappa shape index (κ2) is 5.11. The van der Waals surface area contributed by atoms with Crippen LogP contribution >= 0.6 is 0 Å². The summed E-state index contributed by atoms with van der Waals surface area (Å²) in [4.78, 5) is 4.48. The van der Waals surface area contributed by atoms with Gasteiger partial charge in [-0.2, -0.15) is 0 Å². The van der Waals surface area contributed by atoms with Crippen molar-refractivity contribution in [2.75, 3.05) is 0 Å². The number of rotatable bonds is 3. The third-order valence-electron chi connectivity index (χ3n) is 2.86. The van der Waals surface area contributed by atoms with E-state index >= 15 is 0 Å². The van der Waals surface area contributed by atoms with Crippen LogP contribution in [-0.4, -0.2) is 13.4 Å². The fourth-order valence-electron chi connectivity index (χ4n) is 1.96. The van der Waals surface area contributed by atoms with Crippen LogP contribution in [0.4, 0.5) is 0 Å². The molecule has 19 heavy (non-hydrogen) atoms. The van der Waals surface area contributed by atoms with Gasteiger partial charge in [-0.15, -0.1) is 0 Å². The van der Waals surface area contributed by atoms with Gasteiger partial charge in [0, 0.05) is 11.8 Å². The Morgan fingerprint density at radius 2 is 1.89 bits per heavy atom. The summed E-state index contributed by atoms with van der Waals surface area (Å²) in [6, 6.07) is 10.4. The van der Waals surface area contributed by atoms with E-state index in [1.54, 1.807) is 18.3 Å². The van der Waals surface area contributed by atoms with Crippen LogP contribution in [0.25, 0.3) is 11.1 Å². The summed E-state index contributed by atoms with van der Waals surface area (Å²) in [5, 5.41) is 5.16. The van der Waals surface area contributed by atoms with Crippen LogP contribution in [0.1, 0.15) is 25.5 Å². The van der Waals surface area contributed by atoms with Crippen molar-refractivity contribution in [1.82, 2.24) is 4.98 Å². The summed E-state index contributed by atoms with van der Waals surface area (Å²) in [6.07, 6.45) is 1.74. The monoisotopic (exact) mass is 276 g/mol. The maximum atomic E-state index is 11.4. The van der Waals surface area contributed by atoms with Crippen LogP contribution < -0.4 is 5.14 Å². The minimum Gasteiger partial charge on any atom is -0.260 e. The van der Waals surface area contributed by atoms with Crippen molar-refractivity contribution in [2.24, 2.45) is 5.14 Å². The third-order valence-corrected chi connectivity index (χ3v) is 3.77. The first-order valence-corrected chi connectivity index (χ1v) is 7.52. The van der Waals surface area contributed by atoms with Gasteiger partial charge >= 0.3 is 0 Å². The number of sulfonamides is 1. The first-order valence-electron chi connectivity index (χ1n) is 5.98. The highest BCUT2D eigenvalue weighted by atomic mass is 32.2. The highest BCUT2D eigenvalue weighted by Gasteiger charge is 2.12. The van der Waals surface area contributed by atoms with Crippen LogP contribution in [0.15, 0.2) is 47.5 Å². The molecule has 0 bridgehead atoms. The van der Waals surface area contributed by atoms with Gasteiger partial charge in [-0.05, 0) is 29.7 Å². The Kier molecular flexibility index (Phi) is 3.68. The number of nitrogens with zero attached hydrogens (tertiary/aromatic N) is 1. The van der Waals surface area contributed by atoms with Gasteiger partial charge in [0.2, 0.25) is 10.0 Å². The summed E-state index contributed by atoms with van der Waals surface area (Å²) in [5.74, 6) is 0.259. The molecule has 0 unspecified atom stereocenters. The predicted molar refractivity (Wildman–Crippen MR) is 75.1 cm³/mol. The molecule has 1 aromatic carbocycles. The topological polar surface area (TPSA) is 73.0 Å². The van der Waals surface area contributed by atoms with Crippen LogP contribution in [0, 0.1) is 0 Å². The molecule has 2 aromatic rings. The summed E-state index contributed by atoms with van der Waals surface area (Å²) < 4.78 is 22.8. The Morgan fingerprint density at radius 3 is 2.53 bits per heavy atom. The number of hydrogen-bond donors (Lipinski definition) is 1. The molecule has 0 saturated heterocycles. The molecule has 0 radical (unpaired) electrons. The average molecular weight is 276 g/mol. The molecule has 0 aliphatic carbocycles. The van der Waals surface area contributed by atoms with Crippen molar-refractivity contribution in [3.05, 3.63) is 48.3 Å². The minimum atomic E-state index is -3.69. The third kappa shape index (κ3) is 3.00. The first kappa shape index (κ1) is 13.7. The lowest BCUT2D eigenvalue weighted by atomic mass is 9.98. The van der Waals surface area contributed by atoms with E-state index in [2.05, 4.69) is 18.8 Å². The molecule has 0 spiro atoms. The maximum Gasteiger partial charge on any atom is 0.238 e. The van der Waals surface area contributed by atoms with Gasteiger partial charge in [0.25, 0.3) is 0 Å². The van der Waals surface area contributed by atoms with Gasteiger partial charge < -0.3 is 0 Å². The standard InChI is InChI=1S/C14H16N2O2S/c1-10(2)14-13(7-4-8-16-14)11-5-3-6-12(9-11)19(15,17)18/h3-10H,1-2H3,(H2,15,17,18). The average Bonchev–Trinajstić information content (AvgIpc) is 2.38. The van der Waals surface area contributed by atoms with Gasteiger partial charge in [-0.3, -0.25) is 4.98 Å². The van der Waals surface area contributed by atoms with E-state index in [0.717, 1.165) is 16.8 Å². The molecule has 1 heterocycles. The first-order chi connectivity index (χ1) is 8.89. The Morgan fingerprint density at radius 1 is 1.16 bits per heavy atom. The second-order valence-electron chi connectivity index (χ2n) is 4.66. The predicted octanol–water partition coefficient (Wildman–Crippen LogP) is 2.52. The number of hydrogen-bond acceptors (Lipinski definition) is 3. The van der Waals surface area contributed by atoms with Crippen molar-refractivity contribution < 1.29 is 8.42 Å². The van der Waals surface area contributed by atoms with Crippen LogP contribution in [0.5, 0.6) is 0 Å². The normalized spacial score (nSPS) is 11.8. The molecule has 0 saturated carbocycles. The quantitative estimate of drug-likeness (QED) is 0.936. The highest BCUT2D eigenvalue weighted by Crippen LogP contribution is 2.28.